The van der Waals surface area contributed by atoms with E-state index in [-0.39, 0.29) is 16.8 Å². The number of methoxy groups -OCH3 is 1. The number of nitrogens with zero attached hydrogens (tertiary/aromatic N) is 1. The summed E-state index contributed by atoms with van der Waals surface area (Å²) in [4.78, 5) is 13.0. The molecule has 1 aliphatic heterocycles. The molecule has 2 aromatic carbocycles. The van der Waals surface area contributed by atoms with Crippen LogP contribution in [-0.2, 0) is 14.8 Å². The Labute approximate surface area is 171 Å². The maximum absolute atomic E-state index is 13.0. The van der Waals surface area contributed by atoms with Crippen LogP contribution in [0.15, 0.2) is 47.4 Å². The highest BCUT2D eigenvalue weighted by Crippen LogP contribution is 2.26. The fraction of sp³-hybridized carbons (Fsp3) is 0.381. The molecule has 0 radical (unpaired) electrons. The summed E-state index contributed by atoms with van der Waals surface area (Å²) in [6, 6.07) is 11.9. The summed E-state index contributed by atoms with van der Waals surface area (Å²) < 4.78 is 38.1. The summed E-state index contributed by atoms with van der Waals surface area (Å²) in [6.45, 7) is 4.94. The number of amides is 1. The molecular weight excluding hydrogens is 392 g/mol. The van der Waals surface area contributed by atoms with Crippen LogP contribution in [-0.4, -0.2) is 52.0 Å². The van der Waals surface area contributed by atoms with E-state index in [1.165, 1.54) is 10.4 Å². The maximum Gasteiger partial charge on any atom is 0.251 e. The van der Waals surface area contributed by atoms with Crippen molar-refractivity contribution in [2.45, 2.75) is 24.8 Å². The highest BCUT2D eigenvalue weighted by Gasteiger charge is 2.28. The summed E-state index contributed by atoms with van der Waals surface area (Å²) >= 11 is 0. The fourth-order valence-corrected chi connectivity index (χ4v) is 4.99. The Bertz CT molecular complexity index is 984. The Morgan fingerprint density at radius 2 is 1.86 bits per heavy atom. The molecule has 0 bridgehead atoms. The van der Waals surface area contributed by atoms with Gasteiger partial charge in [0.15, 0.2) is 0 Å². The Balaban J connectivity index is 1.84. The number of aryl methyl sites for hydroxylation is 1. The SMILES string of the molecule is COc1ccccc1[C@@H](C)NC(=O)c1ccc(C)c(S(=O)(=O)N2CCOCC2)c1. The highest BCUT2D eigenvalue weighted by molar-refractivity contribution is 7.89. The maximum atomic E-state index is 13.0. The van der Waals surface area contributed by atoms with E-state index in [4.69, 9.17) is 9.47 Å². The lowest BCUT2D eigenvalue weighted by Gasteiger charge is -2.27. The first-order valence-electron chi connectivity index (χ1n) is 9.47. The molecule has 0 unspecified atom stereocenters. The molecule has 0 aromatic heterocycles. The van der Waals surface area contributed by atoms with Gasteiger partial charge in [0.1, 0.15) is 5.75 Å². The minimum absolute atomic E-state index is 0.150. The Kier molecular flexibility index (Phi) is 6.56. The number of carbonyl (C=O) groups excluding carboxylic acids is 1. The lowest BCUT2D eigenvalue weighted by atomic mass is 10.1. The summed E-state index contributed by atoms with van der Waals surface area (Å²) in [5, 5.41) is 2.92. The third kappa shape index (κ3) is 4.60. The molecule has 1 saturated heterocycles. The molecule has 0 saturated carbocycles. The number of carbonyl (C=O) groups is 1. The van der Waals surface area contributed by atoms with Crippen molar-refractivity contribution in [3.8, 4) is 5.75 Å². The molecule has 2 aromatic rings. The molecule has 0 spiro atoms. The average molecular weight is 419 g/mol. The minimum atomic E-state index is -3.69. The van der Waals surface area contributed by atoms with Crippen LogP contribution in [0.1, 0.15) is 34.5 Å². The van der Waals surface area contributed by atoms with Crippen molar-refractivity contribution in [1.82, 2.24) is 9.62 Å². The van der Waals surface area contributed by atoms with Crippen LogP contribution < -0.4 is 10.1 Å². The van der Waals surface area contributed by atoms with E-state index in [1.807, 2.05) is 31.2 Å². The first-order chi connectivity index (χ1) is 13.8. The lowest BCUT2D eigenvalue weighted by molar-refractivity contribution is 0.0730. The molecule has 29 heavy (non-hydrogen) atoms. The largest absolute Gasteiger partial charge is 0.496 e. The quantitative estimate of drug-likeness (QED) is 0.779. The predicted molar refractivity (Wildman–Crippen MR) is 110 cm³/mol. The predicted octanol–water partition coefficient (Wildman–Crippen LogP) is 2.52. The van der Waals surface area contributed by atoms with E-state index in [2.05, 4.69) is 5.32 Å². The first-order valence-corrected chi connectivity index (χ1v) is 10.9. The Morgan fingerprint density at radius 3 is 2.55 bits per heavy atom. The normalized spacial score (nSPS) is 16.2. The number of hydrogen-bond acceptors (Lipinski definition) is 5. The van der Waals surface area contributed by atoms with Gasteiger partial charge in [0, 0.05) is 24.2 Å². The van der Waals surface area contributed by atoms with Gasteiger partial charge in [0.25, 0.3) is 5.91 Å². The van der Waals surface area contributed by atoms with Gasteiger partial charge in [-0.3, -0.25) is 4.79 Å². The zero-order chi connectivity index (χ0) is 21.0. The lowest BCUT2D eigenvalue weighted by Crippen LogP contribution is -2.41. The molecular formula is C21H26N2O5S. The van der Waals surface area contributed by atoms with Crippen molar-refractivity contribution < 1.29 is 22.7 Å². The van der Waals surface area contributed by atoms with Crippen LogP contribution >= 0.6 is 0 Å². The molecule has 156 valence electrons. The van der Waals surface area contributed by atoms with Crippen molar-refractivity contribution in [3.63, 3.8) is 0 Å². The third-order valence-electron chi connectivity index (χ3n) is 4.99. The van der Waals surface area contributed by atoms with Gasteiger partial charge in [-0.15, -0.1) is 0 Å². The van der Waals surface area contributed by atoms with Crippen LogP contribution in [0.5, 0.6) is 5.75 Å². The number of benzene rings is 2. The molecule has 7 nitrogen and oxygen atoms in total. The van der Waals surface area contributed by atoms with Crippen molar-refractivity contribution >= 4 is 15.9 Å². The van der Waals surface area contributed by atoms with E-state index in [0.717, 1.165) is 5.56 Å². The molecule has 0 aliphatic carbocycles. The minimum Gasteiger partial charge on any atom is -0.496 e. The molecule has 1 heterocycles. The van der Waals surface area contributed by atoms with E-state index < -0.39 is 10.0 Å². The summed E-state index contributed by atoms with van der Waals surface area (Å²) in [7, 11) is -2.11. The second-order valence-corrected chi connectivity index (χ2v) is 8.84. The van der Waals surface area contributed by atoms with Gasteiger partial charge in [-0.2, -0.15) is 4.31 Å². The van der Waals surface area contributed by atoms with Crippen LogP contribution in [0, 0.1) is 6.92 Å². The number of ether oxygens (including phenoxy) is 2. The van der Waals surface area contributed by atoms with Gasteiger partial charge in [-0.05, 0) is 37.6 Å². The number of rotatable bonds is 6. The second kappa shape index (κ2) is 8.94. The standard InChI is InChI=1S/C21H26N2O5S/c1-15-8-9-17(14-20(15)29(25,26)23-10-12-28-13-11-23)21(24)22-16(2)18-6-4-5-7-19(18)27-3/h4-9,14,16H,10-13H2,1-3H3,(H,22,24)/t16-/m1/s1. The number of hydrogen-bond donors (Lipinski definition) is 1. The molecule has 8 heteroatoms. The number of nitrogens with one attached hydrogen (secondary N) is 1. The van der Waals surface area contributed by atoms with Gasteiger partial charge < -0.3 is 14.8 Å². The topological polar surface area (TPSA) is 84.9 Å². The zero-order valence-electron chi connectivity index (χ0n) is 16.8. The zero-order valence-corrected chi connectivity index (χ0v) is 17.7. The molecule has 1 aliphatic rings. The molecule has 1 atom stereocenters. The van der Waals surface area contributed by atoms with Crippen LogP contribution in [0.25, 0.3) is 0 Å². The van der Waals surface area contributed by atoms with Crippen LogP contribution in [0.4, 0.5) is 0 Å². The van der Waals surface area contributed by atoms with E-state index in [9.17, 15) is 13.2 Å². The fourth-order valence-electron chi connectivity index (χ4n) is 3.33. The van der Waals surface area contributed by atoms with E-state index in [0.29, 0.717) is 43.2 Å². The highest BCUT2D eigenvalue weighted by atomic mass is 32.2. The smallest absolute Gasteiger partial charge is 0.251 e. The van der Waals surface area contributed by atoms with Gasteiger partial charge in [0.2, 0.25) is 10.0 Å². The Hall–Kier alpha value is -2.42. The van der Waals surface area contributed by atoms with Crippen molar-refractivity contribution in [2.75, 3.05) is 33.4 Å². The monoisotopic (exact) mass is 418 g/mol. The third-order valence-corrected chi connectivity index (χ3v) is 7.03. The molecule has 1 N–H and O–H groups in total. The molecule has 1 amide bonds. The average Bonchev–Trinajstić information content (AvgIpc) is 2.74. The van der Waals surface area contributed by atoms with Crippen molar-refractivity contribution in [1.29, 1.82) is 0 Å². The van der Waals surface area contributed by atoms with E-state index in [1.54, 1.807) is 26.2 Å². The summed E-state index contributed by atoms with van der Waals surface area (Å²) in [5.41, 5.74) is 1.74. The number of para-hydroxylation sites is 1. The summed E-state index contributed by atoms with van der Waals surface area (Å²) in [6.07, 6.45) is 0. The Morgan fingerprint density at radius 1 is 1.17 bits per heavy atom. The molecule has 3 rings (SSSR count). The van der Waals surface area contributed by atoms with Gasteiger partial charge >= 0.3 is 0 Å². The second-order valence-electron chi connectivity index (χ2n) is 6.93. The van der Waals surface area contributed by atoms with Crippen molar-refractivity contribution in [3.05, 3.63) is 59.2 Å². The summed E-state index contributed by atoms with van der Waals surface area (Å²) in [5.74, 6) is 0.335. The van der Waals surface area contributed by atoms with E-state index >= 15 is 0 Å². The van der Waals surface area contributed by atoms with Crippen LogP contribution in [0.3, 0.4) is 0 Å². The molecule has 1 fully saturated rings. The van der Waals surface area contributed by atoms with Gasteiger partial charge in [-0.1, -0.05) is 24.3 Å². The van der Waals surface area contributed by atoms with Crippen molar-refractivity contribution in [2.24, 2.45) is 0 Å². The number of sulfonamides is 1. The van der Waals surface area contributed by atoms with Gasteiger partial charge in [0.05, 0.1) is 31.3 Å². The number of morpholine rings is 1. The van der Waals surface area contributed by atoms with Crippen LogP contribution in [0.2, 0.25) is 0 Å². The first kappa shape index (κ1) is 21.3. The van der Waals surface area contributed by atoms with Gasteiger partial charge in [-0.25, -0.2) is 8.42 Å².